The minimum Gasteiger partial charge on any atom is -0.278 e. The number of nitriles is 1. The van der Waals surface area contributed by atoms with E-state index in [1.807, 2.05) is 12.2 Å². The molecule has 2 aliphatic carbocycles. The molecular weight excluding hydrogens is 222 g/mol. The van der Waals surface area contributed by atoms with E-state index in [9.17, 15) is 0 Å². The van der Waals surface area contributed by atoms with E-state index in [4.69, 9.17) is 5.26 Å². The van der Waals surface area contributed by atoms with Gasteiger partial charge in [0, 0.05) is 12.0 Å². The summed E-state index contributed by atoms with van der Waals surface area (Å²) in [5.74, 6) is 0. The Bertz CT molecular complexity index is 406. The Balaban J connectivity index is 1.84. The van der Waals surface area contributed by atoms with Gasteiger partial charge in [-0.15, -0.1) is 0 Å². The summed E-state index contributed by atoms with van der Waals surface area (Å²) >= 11 is 0. The highest BCUT2D eigenvalue weighted by Gasteiger charge is 2.17. The van der Waals surface area contributed by atoms with Crippen LogP contribution < -0.4 is 5.32 Å². The maximum absolute atomic E-state index is 8.79. The SMILES string of the molecule is C[N+](=CNC1CCCCC1)C1C=CC(C#N)=CC1. The summed E-state index contributed by atoms with van der Waals surface area (Å²) in [4.78, 5) is 0. The molecule has 1 fully saturated rings. The molecule has 1 N–H and O–H groups in total. The van der Waals surface area contributed by atoms with Crippen molar-refractivity contribution in [1.82, 2.24) is 5.32 Å². The van der Waals surface area contributed by atoms with Crippen molar-refractivity contribution in [3.05, 3.63) is 23.8 Å². The van der Waals surface area contributed by atoms with Gasteiger partial charge in [-0.25, -0.2) is 0 Å². The number of rotatable bonds is 3. The Hall–Kier alpha value is -1.56. The van der Waals surface area contributed by atoms with Crippen molar-refractivity contribution in [3.8, 4) is 6.07 Å². The number of nitrogens with zero attached hydrogens (tertiary/aromatic N) is 2. The fourth-order valence-corrected chi connectivity index (χ4v) is 2.58. The average molecular weight is 244 g/mol. The van der Waals surface area contributed by atoms with Crippen LogP contribution >= 0.6 is 0 Å². The molecule has 0 spiro atoms. The Morgan fingerprint density at radius 2 is 2.17 bits per heavy atom. The third kappa shape index (κ3) is 3.46. The molecule has 18 heavy (non-hydrogen) atoms. The predicted octanol–water partition coefficient (Wildman–Crippen LogP) is 2.36. The van der Waals surface area contributed by atoms with E-state index in [0.717, 1.165) is 12.0 Å². The fraction of sp³-hybridized carbons (Fsp3) is 0.600. The maximum atomic E-state index is 8.79. The normalized spacial score (nSPS) is 25.4. The summed E-state index contributed by atoms with van der Waals surface area (Å²) in [6.45, 7) is 0. The highest BCUT2D eigenvalue weighted by atomic mass is 15.1. The summed E-state index contributed by atoms with van der Waals surface area (Å²) in [5.41, 5.74) is 0.778. The van der Waals surface area contributed by atoms with Crippen LogP contribution in [0.1, 0.15) is 38.5 Å². The molecule has 3 nitrogen and oxygen atoms in total. The zero-order valence-corrected chi connectivity index (χ0v) is 11.1. The van der Waals surface area contributed by atoms with E-state index in [0.29, 0.717) is 12.1 Å². The van der Waals surface area contributed by atoms with Gasteiger partial charge in [-0.2, -0.15) is 5.26 Å². The van der Waals surface area contributed by atoms with Crippen LogP contribution in [0.3, 0.4) is 0 Å². The lowest BCUT2D eigenvalue weighted by Gasteiger charge is -2.19. The molecule has 1 saturated carbocycles. The minimum atomic E-state index is 0.373. The predicted molar refractivity (Wildman–Crippen MR) is 73.5 cm³/mol. The van der Waals surface area contributed by atoms with Gasteiger partial charge in [0.25, 0.3) is 0 Å². The minimum absolute atomic E-state index is 0.373. The molecular formula is C15H22N3+. The molecule has 0 radical (unpaired) electrons. The first-order chi connectivity index (χ1) is 8.79. The van der Waals surface area contributed by atoms with E-state index >= 15 is 0 Å². The van der Waals surface area contributed by atoms with Crippen LogP contribution in [-0.2, 0) is 0 Å². The van der Waals surface area contributed by atoms with Crippen molar-refractivity contribution < 1.29 is 4.58 Å². The third-order valence-corrected chi connectivity index (χ3v) is 3.85. The van der Waals surface area contributed by atoms with E-state index in [1.165, 1.54) is 32.1 Å². The number of nitrogens with one attached hydrogen (secondary N) is 1. The average Bonchev–Trinajstić information content (AvgIpc) is 2.46. The molecule has 0 bridgehead atoms. The molecule has 1 unspecified atom stereocenters. The molecule has 0 aromatic rings. The summed E-state index contributed by atoms with van der Waals surface area (Å²) in [7, 11) is 2.09. The Labute approximate surface area is 110 Å². The Kier molecular flexibility index (Phi) is 4.58. The Morgan fingerprint density at radius 3 is 2.78 bits per heavy atom. The molecule has 1 atom stereocenters. The molecule has 0 amide bonds. The first kappa shape index (κ1) is 12.9. The van der Waals surface area contributed by atoms with Gasteiger partial charge in [0.05, 0.1) is 19.2 Å². The van der Waals surface area contributed by atoms with Gasteiger partial charge in [-0.3, -0.25) is 9.89 Å². The van der Waals surface area contributed by atoms with Crippen molar-refractivity contribution in [2.45, 2.75) is 50.6 Å². The molecule has 2 rings (SSSR count). The van der Waals surface area contributed by atoms with Crippen molar-refractivity contribution >= 4 is 6.34 Å². The lowest BCUT2D eigenvalue weighted by Crippen LogP contribution is -2.35. The molecule has 3 heteroatoms. The lowest BCUT2D eigenvalue weighted by atomic mass is 9.96. The molecule has 0 saturated heterocycles. The van der Waals surface area contributed by atoms with E-state index < -0.39 is 0 Å². The molecule has 0 aromatic carbocycles. The topological polar surface area (TPSA) is 38.8 Å². The quantitative estimate of drug-likeness (QED) is 0.470. The van der Waals surface area contributed by atoms with E-state index in [2.05, 4.69) is 35.4 Å². The van der Waals surface area contributed by atoms with Crippen molar-refractivity contribution in [2.24, 2.45) is 0 Å². The van der Waals surface area contributed by atoms with Gasteiger partial charge in [0.15, 0.2) is 0 Å². The van der Waals surface area contributed by atoms with Gasteiger partial charge in [0.2, 0.25) is 6.34 Å². The zero-order valence-electron chi connectivity index (χ0n) is 11.1. The summed E-state index contributed by atoms with van der Waals surface area (Å²) < 4.78 is 2.20. The number of allylic oxidation sites excluding steroid dienone is 2. The molecule has 0 aromatic heterocycles. The second kappa shape index (κ2) is 6.39. The van der Waals surface area contributed by atoms with Crippen molar-refractivity contribution in [2.75, 3.05) is 7.05 Å². The molecule has 0 heterocycles. The molecule has 2 aliphatic rings. The number of hydrogen-bond donors (Lipinski definition) is 1. The highest BCUT2D eigenvalue weighted by molar-refractivity contribution is 5.49. The van der Waals surface area contributed by atoms with Crippen molar-refractivity contribution in [1.29, 1.82) is 5.26 Å². The molecule has 96 valence electrons. The van der Waals surface area contributed by atoms with Crippen LogP contribution in [0.15, 0.2) is 23.8 Å². The van der Waals surface area contributed by atoms with Crippen LogP contribution in [-0.4, -0.2) is 30.0 Å². The van der Waals surface area contributed by atoms with E-state index in [-0.39, 0.29) is 0 Å². The van der Waals surface area contributed by atoms with Gasteiger partial charge < -0.3 is 0 Å². The monoisotopic (exact) mass is 244 g/mol. The van der Waals surface area contributed by atoms with Crippen LogP contribution in [0.5, 0.6) is 0 Å². The van der Waals surface area contributed by atoms with Gasteiger partial charge >= 0.3 is 0 Å². The maximum Gasteiger partial charge on any atom is 0.232 e. The van der Waals surface area contributed by atoms with E-state index in [1.54, 1.807) is 0 Å². The third-order valence-electron chi connectivity index (χ3n) is 3.85. The molecule has 0 aliphatic heterocycles. The zero-order chi connectivity index (χ0) is 12.8. The highest BCUT2D eigenvalue weighted by Crippen LogP contribution is 2.17. The smallest absolute Gasteiger partial charge is 0.232 e. The first-order valence-corrected chi connectivity index (χ1v) is 6.89. The largest absolute Gasteiger partial charge is 0.278 e. The van der Waals surface area contributed by atoms with Crippen molar-refractivity contribution in [3.63, 3.8) is 0 Å². The summed E-state index contributed by atoms with van der Waals surface area (Å²) in [5, 5.41) is 12.3. The van der Waals surface area contributed by atoms with Crippen LogP contribution in [0.2, 0.25) is 0 Å². The van der Waals surface area contributed by atoms with Crippen LogP contribution in [0, 0.1) is 11.3 Å². The number of likely N-dealkylation sites (N-methyl/N-ethyl adjacent to an activating group) is 1. The summed E-state index contributed by atoms with van der Waals surface area (Å²) in [6, 6.07) is 3.20. The van der Waals surface area contributed by atoms with Crippen LogP contribution in [0.25, 0.3) is 0 Å². The standard InChI is InChI=1S/C15H21N3/c1-18(12-17-14-5-3-2-4-6-14)15-9-7-13(11-16)8-10-15/h7-9,12,14-15H,2-6,10H2,1H3/p+1. The fourth-order valence-electron chi connectivity index (χ4n) is 2.58. The summed E-state index contributed by atoms with van der Waals surface area (Å²) in [6.07, 6.45) is 15.7. The second-order valence-electron chi connectivity index (χ2n) is 5.23. The van der Waals surface area contributed by atoms with Gasteiger partial charge in [-0.05, 0) is 37.8 Å². The van der Waals surface area contributed by atoms with Gasteiger partial charge in [-0.1, -0.05) is 12.5 Å². The van der Waals surface area contributed by atoms with Gasteiger partial charge in [0.1, 0.15) is 6.04 Å². The number of hydrogen-bond acceptors (Lipinski definition) is 1. The first-order valence-electron chi connectivity index (χ1n) is 6.89. The Morgan fingerprint density at radius 1 is 1.39 bits per heavy atom. The van der Waals surface area contributed by atoms with Crippen LogP contribution in [0.4, 0.5) is 0 Å². The lowest BCUT2D eigenvalue weighted by molar-refractivity contribution is -0.522. The second-order valence-corrected chi connectivity index (χ2v) is 5.23.